The second-order valence-electron chi connectivity index (χ2n) is 4.82. The lowest BCUT2D eigenvalue weighted by atomic mass is 10.1. The van der Waals surface area contributed by atoms with Crippen LogP contribution in [0.2, 0.25) is 0 Å². The topological polar surface area (TPSA) is 86.8 Å². The van der Waals surface area contributed by atoms with Crippen LogP contribution in [-0.2, 0) is 4.79 Å². The van der Waals surface area contributed by atoms with Crippen LogP contribution in [0.5, 0.6) is 5.75 Å². The van der Waals surface area contributed by atoms with E-state index in [1.165, 1.54) is 6.21 Å². The Morgan fingerprint density at radius 1 is 1.29 bits per heavy atom. The second-order valence-corrected chi connectivity index (χ2v) is 5.74. The number of benzene rings is 2. The van der Waals surface area contributed by atoms with Crippen molar-refractivity contribution in [3.63, 3.8) is 0 Å². The average Bonchev–Trinajstić information content (AvgIpc) is 2.89. The zero-order chi connectivity index (χ0) is 16.9. The molecule has 2 aromatic rings. The Hall–Kier alpha value is -2.98. The maximum absolute atomic E-state index is 12.0. The minimum atomic E-state index is -0.297. The number of nitrogens with zero attached hydrogens (tertiary/aromatic N) is 3. The maximum atomic E-state index is 12.0. The molecular formula is C17H11BrN4O2. The molecule has 2 aromatic carbocycles. The number of rotatable bonds is 4. The normalized spacial score (nSPS) is 14.5. The summed E-state index contributed by atoms with van der Waals surface area (Å²) in [6.07, 6.45) is 1.49. The first-order chi connectivity index (χ1) is 11.7. The van der Waals surface area contributed by atoms with Crippen LogP contribution in [0.3, 0.4) is 0 Å². The molecule has 7 heteroatoms. The molecular weight excluding hydrogens is 372 g/mol. The van der Waals surface area contributed by atoms with Crippen LogP contribution in [0.25, 0.3) is 0 Å². The predicted molar refractivity (Wildman–Crippen MR) is 94.5 cm³/mol. The number of ether oxygens (including phenoxy) is 1. The van der Waals surface area contributed by atoms with Gasteiger partial charge in [-0.05, 0) is 30.3 Å². The van der Waals surface area contributed by atoms with Crippen LogP contribution in [0.15, 0.2) is 57.1 Å². The largest absolute Gasteiger partial charge is 0.478 e. The molecule has 0 saturated heterocycles. The van der Waals surface area contributed by atoms with Gasteiger partial charge in [0.2, 0.25) is 0 Å². The van der Waals surface area contributed by atoms with Crippen molar-refractivity contribution in [2.45, 2.75) is 0 Å². The number of nitrogens with one attached hydrogen (secondary N) is 1. The summed E-state index contributed by atoms with van der Waals surface area (Å²) in [6.45, 7) is -0.0524. The molecule has 1 aliphatic rings. The molecule has 0 saturated carbocycles. The van der Waals surface area contributed by atoms with Gasteiger partial charge in [-0.15, -0.1) is 5.10 Å². The number of amides is 1. The van der Waals surface area contributed by atoms with Crippen LogP contribution in [0.1, 0.15) is 11.1 Å². The zero-order valence-electron chi connectivity index (χ0n) is 12.4. The molecule has 1 N–H and O–H groups in total. The highest BCUT2D eigenvalue weighted by atomic mass is 79.9. The highest BCUT2D eigenvalue weighted by molar-refractivity contribution is 9.10. The summed E-state index contributed by atoms with van der Waals surface area (Å²) in [5.74, 6) is 0.233. The van der Waals surface area contributed by atoms with Gasteiger partial charge in [0.15, 0.2) is 12.3 Å². The number of halogens is 1. The molecule has 1 amide bonds. The molecule has 0 fully saturated rings. The van der Waals surface area contributed by atoms with E-state index in [2.05, 4.69) is 31.4 Å². The van der Waals surface area contributed by atoms with Crippen molar-refractivity contribution < 1.29 is 9.53 Å². The van der Waals surface area contributed by atoms with E-state index in [1.54, 1.807) is 24.3 Å². The molecule has 1 heterocycles. The Labute approximate surface area is 146 Å². The summed E-state index contributed by atoms with van der Waals surface area (Å²) in [6, 6.07) is 14.5. The molecule has 118 valence electrons. The average molecular weight is 383 g/mol. The van der Waals surface area contributed by atoms with Gasteiger partial charge in [0.05, 0.1) is 11.9 Å². The fourth-order valence-electron chi connectivity index (χ4n) is 2.20. The van der Waals surface area contributed by atoms with Crippen molar-refractivity contribution in [2.24, 2.45) is 10.2 Å². The van der Waals surface area contributed by atoms with E-state index in [1.807, 2.05) is 24.3 Å². The molecule has 0 atom stereocenters. The van der Waals surface area contributed by atoms with E-state index in [0.717, 1.165) is 4.47 Å². The quantitative estimate of drug-likeness (QED) is 0.650. The summed E-state index contributed by atoms with van der Waals surface area (Å²) in [5.41, 5.74) is 2.32. The van der Waals surface area contributed by atoms with Gasteiger partial charge in [-0.3, -0.25) is 4.79 Å². The molecule has 0 bridgehead atoms. The number of nitriles is 1. The van der Waals surface area contributed by atoms with Gasteiger partial charge in [-0.1, -0.05) is 28.1 Å². The Kier molecular flexibility index (Phi) is 4.68. The fraction of sp³-hybridized carbons (Fsp3) is 0.0588. The monoisotopic (exact) mass is 382 g/mol. The van der Waals surface area contributed by atoms with Crippen molar-refractivity contribution >= 4 is 39.5 Å². The maximum Gasteiger partial charge on any atom is 0.276 e. The zero-order valence-corrected chi connectivity index (χ0v) is 13.9. The number of hydrogen-bond donors (Lipinski definition) is 1. The number of fused-ring (bicyclic) bond motifs is 1. The van der Waals surface area contributed by atoms with E-state index in [9.17, 15) is 4.79 Å². The lowest BCUT2D eigenvalue weighted by Crippen LogP contribution is -2.13. The smallest absolute Gasteiger partial charge is 0.276 e. The van der Waals surface area contributed by atoms with Gasteiger partial charge in [-0.25, -0.2) is 0 Å². The van der Waals surface area contributed by atoms with Gasteiger partial charge >= 0.3 is 0 Å². The van der Waals surface area contributed by atoms with Crippen LogP contribution in [0.4, 0.5) is 5.69 Å². The van der Waals surface area contributed by atoms with Crippen molar-refractivity contribution in [3.05, 3.63) is 58.1 Å². The minimum absolute atomic E-state index is 0.0524. The van der Waals surface area contributed by atoms with Crippen molar-refractivity contribution in [3.8, 4) is 11.8 Å². The van der Waals surface area contributed by atoms with Crippen LogP contribution in [0, 0.1) is 11.3 Å². The van der Waals surface area contributed by atoms with Crippen molar-refractivity contribution in [2.75, 3.05) is 11.9 Å². The van der Waals surface area contributed by atoms with Gasteiger partial charge in [0.1, 0.15) is 11.8 Å². The molecule has 6 nitrogen and oxygen atoms in total. The molecule has 0 spiro atoms. The molecule has 24 heavy (non-hydrogen) atoms. The summed E-state index contributed by atoms with van der Waals surface area (Å²) in [4.78, 5) is 12.0. The van der Waals surface area contributed by atoms with E-state index in [4.69, 9.17) is 10.00 Å². The molecule has 0 aromatic heterocycles. The summed E-state index contributed by atoms with van der Waals surface area (Å²) in [7, 11) is 0. The highest BCUT2D eigenvalue weighted by Crippen LogP contribution is 2.27. The summed E-state index contributed by atoms with van der Waals surface area (Å²) in [5, 5.41) is 19.4. The molecule has 1 aliphatic heterocycles. The number of anilines is 1. The Balaban J connectivity index is 1.87. The van der Waals surface area contributed by atoms with E-state index in [-0.39, 0.29) is 18.2 Å². The Morgan fingerprint density at radius 2 is 2.12 bits per heavy atom. The molecule has 0 radical (unpaired) electrons. The first kappa shape index (κ1) is 15.9. The first-order valence-corrected chi connectivity index (χ1v) is 7.79. The van der Waals surface area contributed by atoms with Crippen LogP contribution >= 0.6 is 15.9 Å². The number of hydrogen-bond acceptors (Lipinski definition) is 5. The number of carbonyl (C=O) groups excluding carboxylic acids is 1. The molecule has 3 rings (SSSR count). The second kappa shape index (κ2) is 7.06. The summed E-state index contributed by atoms with van der Waals surface area (Å²) >= 11 is 3.38. The fourth-order valence-corrected chi connectivity index (χ4v) is 2.56. The third kappa shape index (κ3) is 3.34. The standard InChI is InChI=1S/C17H11BrN4O2/c18-12-5-6-14-13(9-12)16(17(23)21-14)22-20-10-11-3-1-2-4-15(11)24-8-7-19/h1-6,9-10H,8H2,(H,21,22,23). The van der Waals surface area contributed by atoms with Crippen LogP contribution < -0.4 is 10.1 Å². The highest BCUT2D eigenvalue weighted by Gasteiger charge is 2.26. The summed E-state index contributed by atoms with van der Waals surface area (Å²) < 4.78 is 6.17. The van der Waals surface area contributed by atoms with E-state index >= 15 is 0 Å². The van der Waals surface area contributed by atoms with Gasteiger partial charge in [-0.2, -0.15) is 10.4 Å². The van der Waals surface area contributed by atoms with Gasteiger partial charge < -0.3 is 10.1 Å². The minimum Gasteiger partial charge on any atom is -0.478 e. The van der Waals surface area contributed by atoms with Gasteiger partial charge in [0, 0.05) is 15.6 Å². The van der Waals surface area contributed by atoms with E-state index < -0.39 is 0 Å². The SMILES string of the molecule is N#CCOc1ccccc1C=N/N=C1/C(=O)Nc2ccc(Br)cc21. The Morgan fingerprint density at radius 3 is 2.96 bits per heavy atom. The third-order valence-electron chi connectivity index (χ3n) is 3.27. The lowest BCUT2D eigenvalue weighted by Gasteiger charge is -2.03. The van der Waals surface area contributed by atoms with Crippen LogP contribution in [-0.4, -0.2) is 24.4 Å². The van der Waals surface area contributed by atoms with Crippen molar-refractivity contribution in [1.82, 2.24) is 0 Å². The van der Waals surface area contributed by atoms with Crippen molar-refractivity contribution in [1.29, 1.82) is 5.26 Å². The lowest BCUT2D eigenvalue weighted by molar-refractivity contribution is -0.110. The third-order valence-corrected chi connectivity index (χ3v) is 3.76. The first-order valence-electron chi connectivity index (χ1n) is 7.00. The van der Waals surface area contributed by atoms with E-state index in [0.29, 0.717) is 22.6 Å². The number of para-hydroxylation sites is 1. The Bertz CT molecular complexity index is 900. The molecule has 0 unspecified atom stereocenters. The molecule has 0 aliphatic carbocycles. The van der Waals surface area contributed by atoms with Gasteiger partial charge in [0.25, 0.3) is 5.91 Å². The predicted octanol–water partition coefficient (Wildman–Crippen LogP) is 3.13. The number of carbonyl (C=O) groups is 1.